The van der Waals surface area contributed by atoms with Crippen LogP contribution < -0.4 is 0 Å². The average Bonchev–Trinajstić information content (AvgIpc) is 2.54. The first-order valence-corrected chi connectivity index (χ1v) is 17.8. The van der Waals surface area contributed by atoms with Gasteiger partial charge in [-0.25, -0.2) is 0 Å². The normalized spacial score (nSPS) is 13.3. The number of halogens is 1. The van der Waals surface area contributed by atoms with Gasteiger partial charge in [-0.1, -0.05) is 0 Å². The molecule has 126 valence electrons. The maximum atomic E-state index is 3.59. The van der Waals surface area contributed by atoms with Gasteiger partial charge in [0.15, 0.2) is 0 Å². The third-order valence-corrected chi connectivity index (χ3v) is 23.7. The molecule has 0 aromatic heterocycles. The molecule has 1 atom stereocenters. The summed E-state index contributed by atoms with van der Waals surface area (Å²) in [7, 11) is 0. The first-order valence-electron chi connectivity index (χ1n) is 9.35. The Morgan fingerprint density at radius 2 is 1.23 bits per heavy atom. The summed E-state index contributed by atoms with van der Waals surface area (Å²) in [4.78, 5) is 0. The minimum atomic E-state index is -2.12. The summed E-state index contributed by atoms with van der Waals surface area (Å²) < 4.78 is 6.87. The third kappa shape index (κ3) is 6.18. The first-order chi connectivity index (χ1) is 10.6. The summed E-state index contributed by atoms with van der Waals surface area (Å²) in [5.74, 6) is 0. The van der Waals surface area contributed by atoms with Crippen LogP contribution in [0.4, 0.5) is 0 Å². The van der Waals surface area contributed by atoms with Crippen LogP contribution in [0.5, 0.6) is 0 Å². The zero-order chi connectivity index (χ0) is 16.4. The van der Waals surface area contributed by atoms with Crippen molar-refractivity contribution in [3.05, 3.63) is 34.3 Å². The fourth-order valence-corrected chi connectivity index (χ4v) is 21.5. The molecule has 0 aliphatic rings. The second kappa shape index (κ2) is 11.1. The maximum absolute atomic E-state index is 3.59. The van der Waals surface area contributed by atoms with Gasteiger partial charge >= 0.3 is 152 Å². The minimum absolute atomic E-state index is 0.868. The summed E-state index contributed by atoms with van der Waals surface area (Å²) in [5.41, 5.74) is 1.61. The van der Waals surface area contributed by atoms with E-state index in [9.17, 15) is 0 Å². The molecule has 22 heavy (non-hydrogen) atoms. The first kappa shape index (κ1) is 20.5. The van der Waals surface area contributed by atoms with Crippen molar-refractivity contribution in [3.63, 3.8) is 0 Å². The molecule has 0 amide bonds. The molecule has 0 spiro atoms. The van der Waals surface area contributed by atoms with Crippen LogP contribution in [0.25, 0.3) is 0 Å². The zero-order valence-electron chi connectivity index (χ0n) is 15.1. The van der Waals surface area contributed by atoms with Crippen LogP contribution in [-0.2, 0) is 0 Å². The zero-order valence-corrected chi connectivity index (χ0v) is 19.6. The number of benzene rings is 1. The van der Waals surface area contributed by atoms with Gasteiger partial charge in [-0.3, -0.25) is 0 Å². The van der Waals surface area contributed by atoms with Crippen molar-refractivity contribution in [2.75, 3.05) is 0 Å². The van der Waals surface area contributed by atoms with Crippen molar-refractivity contribution < 1.29 is 0 Å². The molecule has 0 heterocycles. The Labute approximate surface area is 151 Å². The predicted octanol–water partition coefficient (Wildman–Crippen LogP) is 7.94. The molecule has 0 bridgehead atoms. The van der Waals surface area contributed by atoms with E-state index in [0.717, 1.165) is 3.93 Å². The molecule has 0 saturated heterocycles. The Balaban J connectivity index is 3.03. The van der Waals surface area contributed by atoms with Crippen LogP contribution >= 0.6 is 15.9 Å². The van der Waals surface area contributed by atoms with Crippen molar-refractivity contribution in [2.45, 2.75) is 83.5 Å². The molecule has 2 heteroatoms. The second-order valence-electron chi connectivity index (χ2n) is 6.95. The Bertz CT molecular complexity index is 377. The molecule has 0 nitrogen and oxygen atoms in total. The average molecular weight is 474 g/mol. The molecular weight excluding hydrogens is 439 g/mol. The standard InChI is InChI=1S/C8H8Br.3C4H9.Sn/c1-2-7-3-5-8(9)6-4-7;3*1-3-4-2;/h2-6H,1H3;3*1,3-4H2,2H3;. The topological polar surface area (TPSA) is 0 Å². The van der Waals surface area contributed by atoms with E-state index >= 15 is 0 Å². The van der Waals surface area contributed by atoms with Gasteiger partial charge in [0, 0.05) is 0 Å². The summed E-state index contributed by atoms with van der Waals surface area (Å²) in [5, 5.41) is 0. The van der Waals surface area contributed by atoms with Gasteiger partial charge in [-0.05, 0) is 0 Å². The molecule has 0 aliphatic heterocycles. The van der Waals surface area contributed by atoms with Gasteiger partial charge in [0.25, 0.3) is 0 Å². The van der Waals surface area contributed by atoms with Crippen LogP contribution in [0.3, 0.4) is 0 Å². The summed E-state index contributed by atoms with van der Waals surface area (Å²) in [6, 6.07) is 9.23. The van der Waals surface area contributed by atoms with Crippen molar-refractivity contribution in [1.29, 1.82) is 0 Å². The Morgan fingerprint density at radius 3 is 1.59 bits per heavy atom. The number of hydrogen-bond acceptors (Lipinski definition) is 0. The van der Waals surface area contributed by atoms with Gasteiger partial charge in [-0.15, -0.1) is 0 Å². The number of unbranched alkanes of at least 4 members (excludes halogenated alkanes) is 3. The van der Waals surface area contributed by atoms with Crippen molar-refractivity contribution >= 4 is 34.3 Å². The number of hydrogen-bond donors (Lipinski definition) is 0. The van der Waals surface area contributed by atoms with E-state index in [0.29, 0.717) is 0 Å². The molecule has 0 aliphatic carbocycles. The Hall–Kier alpha value is 0.499. The Morgan fingerprint density at radius 1 is 0.818 bits per heavy atom. The number of rotatable bonds is 11. The summed E-state index contributed by atoms with van der Waals surface area (Å²) in [6.45, 7) is 9.65. The molecule has 0 saturated carbocycles. The molecular formula is C20H35BrSn. The predicted molar refractivity (Wildman–Crippen MR) is 107 cm³/mol. The van der Waals surface area contributed by atoms with Gasteiger partial charge in [0.1, 0.15) is 0 Å². The SMILES string of the molecule is CCC[CH2][Sn]([CH2]CCC)([CH2]CCC)[CH](C)c1ccc(Br)cc1. The quantitative estimate of drug-likeness (QED) is 0.286. The van der Waals surface area contributed by atoms with E-state index < -0.39 is 18.4 Å². The Kier molecular flexibility index (Phi) is 10.4. The van der Waals surface area contributed by atoms with E-state index in [1.165, 1.54) is 43.0 Å². The fourth-order valence-electron chi connectivity index (χ4n) is 3.72. The molecule has 1 aromatic carbocycles. The van der Waals surface area contributed by atoms with Crippen LogP contribution in [0.15, 0.2) is 28.7 Å². The molecule has 1 aromatic rings. The van der Waals surface area contributed by atoms with Gasteiger partial charge in [-0.2, -0.15) is 0 Å². The fraction of sp³-hybridized carbons (Fsp3) is 0.700. The second-order valence-corrected chi connectivity index (χ2v) is 22.4. The van der Waals surface area contributed by atoms with Crippen LogP contribution in [0, 0.1) is 0 Å². The van der Waals surface area contributed by atoms with E-state index in [-0.39, 0.29) is 0 Å². The molecule has 0 N–H and O–H groups in total. The summed E-state index contributed by atoms with van der Waals surface area (Å²) in [6.07, 6.45) is 8.48. The molecule has 0 fully saturated rings. The third-order valence-electron chi connectivity index (χ3n) is 5.37. The van der Waals surface area contributed by atoms with Crippen molar-refractivity contribution in [3.8, 4) is 0 Å². The van der Waals surface area contributed by atoms with Crippen LogP contribution in [0.1, 0.15) is 75.7 Å². The monoisotopic (exact) mass is 474 g/mol. The van der Waals surface area contributed by atoms with Gasteiger partial charge in [0.2, 0.25) is 0 Å². The van der Waals surface area contributed by atoms with E-state index in [1.807, 2.05) is 0 Å². The molecule has 1 unspecified atom stereocenters. The van der Waals surface area contributed by atoms with Crippen molar-refractivity contribution in [2.24, 2.45) is 0 Å². The molecule has 1 rings (SSSR count). The van der Waals surface area contributed by atoms with Crippen molar-refractivity contribution in [1.82, 2.24) is 0 Å². The van der Waals surface area contributed by atoms with Crippen LogP contribution in [0.2, 0.25) is 13.3 Å². The molecule has 0 radical (unpaired) electrons. The van der Waals surface area contributed by atoms with Gasteiger partial charge in [0.05, 0.1) is 0 Å². The van der Waals surface area contributed by atoms with E-state index in [4.69, 9.17) is 0 Å². The van der Waals surface area contributed by atoms with E-state index in [2.05, 4.69) is 67.9 Å². The summed E-state index contributed by atoms with van der Waals surface area (Å²) >= 11 is 1.47. The van der Waals surface area contributed by atoms with E-state index in [1.54, 1.807) is 18.9 Å². The van der Waals surface area contributed by atoms with Gasteiger partial charge < -0.3 is 0 Å². The van der Waals surface area contributed by atoms with Crippen LogP contribution in [-0.4, -0.2) is 18.4 Å².